The van der Waals surface area contributed by atoms with Crippen LogP contribution in [0.4, 0.5) is 0 Å². The van der Waals surface area contributed by atoms with Gasteiger partial charge in [-0.25, -0.2) is 0 Å². The largest absolute Gasteiger partial charge is 0.453 e. The van der Waals surface area contributed by atoms with Gasteiger partial charge in [0.2, 0.25) is 0 Å². The predicted molar refractivity (Wildman–Crippen MR) is 89.6 cm³/mol. The van der Waals surface area contributed by atoms with E-state index in [1.165, 1.54) is 0 Å². The van der Waals surface area contributed by atoms with E-state index in [2.05, 4.69) is 18.4 Å². The lowest BCUT2D eigenvalue weighted by atomic mass is 9.63. The molecular formula is C18H26O8. The van der Waals surface area contributed by atoms with Gasteiger partial charge in [-0.05, 0) is 26.3 Å². The Morgan fingerprint density at radius 3 is 2.23 bits per heavy atom. The first-order valence-corrected chi connectivity index (χ1v) is 8.28. The lowest BCUT2D eigenvalue weighted by Gasteiger charge is -2.59. The van der Waals surface area contributed by atoms with Crippen molar-refractivity contribution in [2.75, 3.05) is 0 Å². The second kappa shape index (κ2) is 6.60. The Balaban J connectivity index is 2.60. The Morgan fingerprint density at radius 2 is 1.73 bits per heavy atom. The highest BCUT2D eigenvalue weighted by Gasteiger charge is 2.70. The third-order valence-corrected chi connectivity index (χ3v) is 5.03. The van der Waals surface area contributed by atoms with Crippen molar-refractivity contribution in [2.45, 2.75) is 81.4 Å². The van der Waals surface area contributed by atoms with Crippen molar-refractivity contribution in [1.82, 2.24) is 0 Å². The second-order valence-corrected chi connectivity index (χ2v) is 7.60. The van der Waals surface area contributed by atoms with Gasteiger partial charge in [0.1, 0.15) is 24.4 Å². The Hall–Kier alpha value is -1.47. The standard InChI is InChI=1S/C18H26O8/c1-9(2)6-7-17(24)12(21)13(22)18(25-10(3)19)8-11(20)16(4,5)26-15(18)14(17)23/h11-15,20-24H,1,8H2,2-5H3. The molecule has 0 aromatic rings. The van der Waals surface area contributed by atoms with E-state index in [9.17, 15) is 30.3 Å². The average Bonchev–Trinajstić information content (AvgIpc) is 2.52. The van der Waals surface area contributed by atoms with Crippen LogP contribution in [0.2, 0.25) is 0 Å². The van der Waals surface area contributed by atoms with E-state index in [1.54, 1.807) is 20.8 Å². The first kappa shape index (κ1) is 20.8. The zero-order valence-electron chi connectivity index (χ0n) is 15.3. The Kier molecular flexibility index (Phi) is 5.29. The van der Waals surface area contributed by atoms with E-state index >= 15 is 0 Å². The number of fused-ring (bicyclic) bond motifs is 1. The minimum Gasteiger partial charge on any atom is -0.453 e. The molecular weight excluding hydrogens is 344 g/mol. The van der Waals surface area contributed by atoms with Crippen molar-refractivity contribution in [3.8, 4) is 11.8 Å². The third-order valence-electron chi connectivity index (χ3n) is 5.03. The van der Waals surface area contributed by atoms with Crippen molar-refractivity contribution < 1.29 is 39.8 Å². The topological polar surface area (TPSA) is 137 Å². The number of aliphatic hydroxyl groups excluding tert-OH is 4. The molecule has 2 aliphatic rings. The molecule has 0 amide bonds. The molecule has 8 heteroatoms. The number of allylic oxidation sites excluding steroid dienone is 1. The minimum absolute atomic E-state index is 0.302. The van der Waals surface area contributed by atoms with Crippen LogP contribution < -0.4 is 0 Å². The summed E-state index contributed by atoms with van der Waals surface area (Å²) >= 11 is 0. The van der Waals surface area contributed by atoms with Crippen LogP contribution in [0.15, 0.2) is 12.2 Å². The summed E-state index contributed by atoms with van der Waals surface area (Å²) in [6, 6.07) is 0. The smallest absolute Gasteiger partial charge is 0.303 e. The van der Waals surface area contributed by atoms with Gasteiger partial charge < -0.3 is 35.0 Å². The maximum atomic E-state index is 11.6. The number of aliphatic hydroxyl groups is 5. The van der Waals surface area contributed by atoms with E-state index in [-0.39, 0.29) is 6.42 Å². The molecule has 7 atom stereocenters. The number of carbonyl (C=O) groups excluding carboxylic acids is 1. The van der Waals surface area contributed by atoms with E-state index in [4.69, 9.17) is 9.47 Å². The van der Waals surface area contributed by atoms with Crippen molar-refractivity contribution in [2.24, 2.45) is 0 Å². The van der Waals surface area contributed by atoms with Crippen LogP contribution in [0.5, 0.6) is 0 Å². The maximum absolute atomic E-state index is 11.6. The fourth-order valence-electron chi connectivity index (χ4n) is 3.49. The highest BCUT2D eigenvalue weighted by Crippen LogP contribution is 2.48. The van der Waals surface area contributed by atoms with E-state index < -0.39 is 53.3 Å². The van der Waals surface area contributed by atoms with Gasteiger partial charge in [-0.2, -0.15) is 0 Å². The van der Waals surface area contributed by atoms with Gasteiger partial charge in [0.25, 0.3) is 0 Å². The molecule has 5 N–H and O–H groups in total. The molecule has 1 aliphatic carbocycles. The molecule has 0 radical (unpaired) electrons. The molecule has 1 saturated heterocycles. The summed E-state index contributed by atoms with van der Waals surface area (Å²) in [6.07, 6.45) is -8.60. The summed E-state index contributed by atoms with van der Waals surface area (Å²) in [5.41, 5.74) is -5.20. The molecule has 8 nitrogen and oxygen atoms in total. The fraction of sp³-hybridized carbons (Fsp3) is 0.722. The summed E-state index contributed by atoms with van der Waals surface area (Å²) < 4.78 is 11.0. The van der Waals surface area contributed by atoms with E-state index in [0.29, 0.717) is 5.57 Å². The molecule has 2 fully saturated rings. The number of hydrogen-bond acceptors (Lipinski definition) is 8. The molecule has 0 bridgehead atoms. The molecule has 1 saturated carbocycles. The Morgan fingerprint density at radius 1 is 1.15 bits per heavy atom. The SMILES string of the molecule is C=C(C)C#CC1(O)C(O)C(O)C2(OC(C)=O)CC(O)C(C)(C)OC2C1O. The lowest BCUT2D eigenvalue weighted by Crippen LogP contribution is -2.80. The first-order valence-electron chi connectivity index (χ1n) is 8.28. The summed E-state index contributed by atoms with van der Waals surface area (Å²) in [5, 5.41) is 53.1. The van der Waals surface area contributed by atoms with Gasteiger partial charge in [0.05, 0.1) is 11.7 Å². The normalized spacial score (nSPS) is 44.3. The summed E-state index contributed by atoms with van der Waals surface area (Å²) in [5.74, 6) is 4.01. The second-order valence-electron chi connectivity index (χ2n) is 7.60. The predicted octanol–water partition coefficient (Wildman–Crippen LogP) is -1.38. The number of rotatable bonds is 1. The number of esters is 1. The van der Waals surface area contributed by atoms with Crippen LogP contribution in [0.3, 0.4) is 0 Å². The average molecular weight is 370 g/mol. The summed E-state index contributed by atoms with van der Waals surface area (Å²) in [4.78, 5) is 11.6. The highest BCUT2D eigenvalue weighted by molar-refractivity contribution is 5.67. The molecule has 7 unspecified atom stereocenters. The zero-order chi connectivity index (χ0) is 20.1. The third kappa shape index (κ3) is 3.16. The van der Waals surface area contributed by atoms with Gasteiger partial charge in [-0.3, -0.25) is 4.79 Å². The molecule has 1 aliphatic heterocycles. The number of ether oxygens (including phenoxy) is 2. The van der Waals surface area contributed by atoms with Gasteiger partial charge in [-0.1, -0.05) is 18.4 Å². The Labute approximate surface area is 152 Å². The molecule has 1 heterocycles. The number of carbonyl (C=O) groups is 1. The minimum atomic E-state index is -2.45. The fourth-order valence-corrected chi connectivity index (χ4v) is 3.49. The Bertz CT molecular complexity index is 662. The maximum Gasteiger partial charge on any atom is 0.303 e. The molecule has 0 aromatic carbocycles. The summed E-state index contributed by atoms with van der Waals surface area (Å²) in [6.45, 7) is 9.32. The molecule has 0 aromatic heterocycles. The van der Waals surface area contributed by atoms with E-state index in [1.807, 2.05) is 0 Å². The summed E-state index contributed by atoms with van der Waals surface area (Å²) in [7, 11) is 0. The molecule has 2 rings (SSSR count). The van der Waals surface area contributed by atoms with E-state index in [0.717, 1.165) is 6.92 Å². The van der Waals surface area contributed by atoms with Gasteiger partial charge in [-0.15, -0.1) is 0 Å². The van der Waals surface area contributed by atoms with Crippen molar-refractivity contribution >= 4 is 5.97 Å². The first-order chi connectivity index (χ1) is 11.8. The van der Waals surface area contributed by atoms with Crippen LogP contribution in [0.25, 0.3) is 0 Å². The van der Waals surface area contributed by atoms with Crippen LogP contribution in [-0.2, 0) is 14.3 Å². The highest BCUT2D eigenvalue weighted by atomic mass is 16.6. The lowest BCUT2D eigenvalue weighted by molar-refractivity contribution is -0.350. The van der Waals surface area contributed by atoms with Crippen molar-refractivity contribution in [3.05, 3.63) is 12.2 Å². The van der Waals surface area contributed by atoms with Crippen molar-refractivity contribution in [1.29, 1.82) is 0 Å². The van der Waals surface area contributed by atoms with Crippen LogP contribution in [0, 0.1) is 11.8 Å². The van der Waals surface area contributed by atoms with Crippen molar-refractivity contribution in [3.63, 3.8) is 0 Å². The van der Waals surface area contributed by atoms with Gasteiger partial charge in [0, 0.05) is 13.3 Å². The van der Waals surface area contributed by atoms with Gasteiger partial charge >= 0.3 is 5.97 Å². The number of hydrogen-bond donors (Lipinski definition) is 5. The molecule has 0 spiro atoms. The monoisotopic (exact) mass is 370 g/mol. The zero-order valence-corrected chi connectivity index (χ0v) is 15.3. The van der Waals surface area contributed by atoms with Crippen LogP contribution in [0.1, 0.15) is 34.1 Å². The van der Waals surface area contributed by atoms with Crippen LogP contribution in [-0.4, -0.2) is 78.8 Å². The molecule has 26 heavy (non-hydrogen) atoms. The van der Waals surface area contributed by atoms with Crippen LogP contribution >= 0.6 is 0 Å². The molecule has 146 valence electrons. The quantitative estimate of drug-likeness (QED) is 0.281. The van der Waals surface area contributed by atoms with Gasteiger partial charge in [0.15, 0.2) is 11.2 Å².